The summed E-state index contributed by atoms with van der Waals surface area (Å²) in [5, 5.41) is 14.8. The van der Waals surface area contributed by atoms with Gasteiger partial charge in [0.15, 0.2) is 0 Å². The molecule has 1 aliphatic carbocycles. The lowest BCUT2D eigenvalue weighted by Crippen LogP contribution is -2.56. The van der Waals surface area contributed by atoms with Crippen molar-refractivity contribution in [2.24, 2.45) is 5.92 Å². The number of anilines is 1. The van der Waals surface area contributed by atoms with Gasteiger partial charge in [-0.2, -0.15) is 0 Å². The summed E-state index contributed by atoms with van der Waals surface area (Å²) in [4.78, 5) is 26.6. The van der Waals surface area contributed by atoms with Crippen LogP contribution in [0.5, 0.6) is 0 Å². The number of nitrogens with zero attached hydrogens (tertiary/aromatic N) is 2. The lowest BCUT2D eigenvalue weighted by Gasteiger charge is -2.35. The van der Waals surface area contributed by atoms with Crippen LogP contribution in [0.4, 0.5) is 11.4 Å². The minimum Gasteiger partial charge on any atom is -0.361 e. The number of nitrogens with one attached hydrogen (secondary N) is 1. The second kappa shape index (κ2) is 6.58. The molecular formula is C21H25N3O4. The van der Waals surface area contributed by atoms with Crippen molar-refractivity contribution in [1.29, 1.82) is 0 Å². The van der Waals surface area contributed by atoms with Crippen LogP contribution in [0.1, 0.15) is 38.5 Å². The maximum absolute atomic E-state index is 13.5. The topological polar surface area (TPSA) is 84.7 Å². The molecule has 148 valence electrons. The van der Waals surface area contributed by atoms with Gasteiger partial charge < -0.3 is 15.0 Å². The lowest BCUT2D eigenvalue weighted by molar-refractivity contribution is -0.384. The second-order valence-corrected chi connectivity index (χ2v) is 8.45. The van der Waals surface area contributed by atoms with Crippen molar-refractivity contribution in [3.05, 3.63) is 46.5 Å². The molecule has 3 heterocycles. The van der Waals surface area contributed by atoms with Crippen LogP contribution >= 0.6 is 0 Å². The third-order valence-corrected chi connectivity index (χ3v) is 6.83. The van der Waals surface area contributed by atoms with Crippen LogP contribution in [0.15, 0.2) is 36.4 Å². The van der Waals surface area contributed by atoms with E-state index < -0.39 is 11.6 Å². The van der Waals surface area contributed by atoms with Gasteiger partial charge in [0, 0.05) is 24.6 Å². The van der Waals surface area contributed by atoms with Gasteiger partial charge >= 0.3 is 0 Å². The Balaban J connectivity index is 1.51. The summed E-state index contributed by atoms with van der Waals surface area (Å²) in [5.74, 6) is 0.101. The minimum absolute atomic E-state index is 0.0351. The first kappa shape index (κ1) is 17.7. The second-order valence-electron chi connectivity index (χ2n) is 8.45. The van der Waals surface area contributed by atoms with Gasteiger partial charge in [-0.05, 0) is 25.3 Å². The van der Waals surface area contributed by atoms with E-state index >= 15 is 0 Å². The fourth-order valence-corrected chi connectivity index (χ4v) is 5.58. The molecule has 1 spiro atoms. The molecule has 1 amide bonds. The fourth-order valence-electron chi connectivity index (χ4n) is 5.58. The van der Waals surface area contributed by atoms with E-state index in [1.54, 1.807) is 18.2 Å². The molecule has 7 nitrogen and oxygen atoms in total. The average molecular weight is 383 g/mol. The zero-order chi connectivity index (χ0) is 19.3. The summed E-state index contributed by atoms with van der Waals surface area (Å²) in [6.07, 6.45) is 10.5. The molecule has 0 aromatic heterocycles. The van der Waals surface area contributed by atoms with Gasteiger partial charge in [-0.15, -0.1) is 0 Å². The Morgan fingerprint density at radius 2 is 2.04 bits per heavy atom. The number of hydrogen-bond donors (Lipinski definition) is 1. The summed E-state index contributed by atoms with van der Waals surface area (Å²) in [6, 6.07) is 6.31. The smallest absolute Gasteiger partial charge is 0.292 e. The van der Waals surface area contributed by atoms with E-state index in [1.807, 2.05) is 17.1 Å². The van der Waals surface area contributed by atoms with Crippen molar-refractivity contribution in [2.45, 2.75) is 62.3 Å². The number of fused-ring (bicyclic) bond motifs is 1. The molecule has 7 heteroatoms. The van der Waals surface area contributed by atoms with E-state index in [2.05, 4.69) is 5.32 Å². The molecule has 1 aromatic rings. The number of carbonyl (C=O) groups excluding carboxylic acids is 1. The Morgan fingerprint density at radius 1 is 1.25 bits per heavy atom. The highest BCUT2D eigenvalue weighted by atomic mass is 16.6. The molecule has 3 fully saturated rings. The number of amides is 1. The lowest BCUT2D eigenvalue weighted by atomic mass is 9.81. The van der Waals surface area contributed by atoms with Crippen LogP contribution in [0.3, 0.4) is 0 Å². The number of ether oxygens (including phenoxy) is 1. The zero-order valence-corrected chi connectivity index (χ0v) is 15.8. The van der Waals surface area contributed by atoms with Gasteiger partial charge in [0.2, 0.25) is 5.91 Å². The molecule has 5 rings (SSSR count). The molecule has 1 saturated carbocycles. The van der Waals surface area contributed by atoms with Crippen LogP contribution in [0, 0.1) is 16.0 Å². The van der Waals surface area contributed by atoms with Crippen LogP contribution in [0.2, 0.25) is 0 Å². The number of para-hydroxylation sites is 2. The van der Waals surface area contributed by atoms with Crippen molar-refractivity contribution >= 4 is 17.3 Å². The largest absolute Gasteiger partial charge is 0.361 e. The molecule has 1 N–H and O–H groups in total. The third kappa shape index (κ3) is 2.64. The number of rotatable bonds is 4. The predicted octanol–water partition coefficient (Wildman–Crippen LogP) is 2.95. The van der Waals surface area contributed by atoms with Crippen LogP contribution < -0.4 is 10.2 Å². The number of benzene rings is 1. The van der Waals surface area contributed by atoms with Crippen LogP contribution in [-0.2, 0) is 9.53 Å². The number of nitro groups is 1. The Hall–Kier alpha value is -2.41. The molecule has 2 saturated heterocycles. The van der Waals surface area contributed by atoms with Gasteiger partial charge in [0.05, 0.1) is 11.0 Å². The standard InChI is InChI=1S/C21H25N3O4/c25-20(22-15-6-2-1-3-7-15)19-21-11-10-16(28-21)12-14(21)13-23(19)17-8-4-5-9-18(17)24(26)27/h4-5,8-11,14-16,19H,1-3,6-7,12-13H2,(H,22,25)/t14-,16+,19?,21-/m0/s1. The van der Waals surface area contributed by atoms with Gasteiger partial charge in [-0.3, -0.25) is 14.9 Å². The van der Waals surface area contributed by atoms with Gasteiger partial charge in [-0.25, -0.2) is 0 Å². The highest BCUT2D eigenvalue weighted by molar-refractivity contribution is 5.90. The fraction of sp³-hybridized carbons (Fsp3) is 0.571. The van der Waals surface area contributed by atoms with E-state index in [0.717, 1.165) is 32.1 Å². The number of carbonyl (C=O) groups is 1. The normalized spacial score (nSPS) is 33.9. The first-order valence-electron chi connectivity index (χ1n) is 10.3. The Bertz CT molecular complexity index is 835. The van der Waals surface area contributed by atoms with E-state index in [4.69, 9.17) is 4.74 Å². The maximum Gasteiger partial charge on any atom is 0.292 e. The molecule has 4 atom stereocenters. The highest BCUT2D eigenvalue weighted by Gasteiger charge is 2.64. The van der Waals surface area contributed by atoms with Crippen LogP contribution in [0.25, 0.3) is 0 Å². The molecule has 3 aliphatic heterocycles. The van der Waals surface area contributed by atoms with Gasteiger partial charge in [-0.1, -0.05) is 43.5 Å². The average Bonchev–Trinajstić information content (AvgIpc) is 3.36. The predicted molar refractivity (Wildman–Crippen MR) is 104 cm³/mol. The maximum atomic E-state index is 13.5. The van der Waals surface area contributed by atoms with Gasteiger partial charge in [0.1, 0.15) is 17.3 Å². The third-order valence-electron chi connectivity index (χ3n) is 6.83. The monoisotopic (exact) mass is 383 g/mol. The van der Waals surface area contributed by atoms with E-state index in [9.17, 15) is 14.9 Å². The molecule has 4 aliphatic rings. The Morgan fingerprint density at radius 3 is 2.79 bits per heavy atom. The zero-order valence-electron chi connectivity index (χ0n) is 15.8. The summed E-state index contributed by atoms with van der Waals surface area (Å²) in [7, 11) is 0. The molecular weight excluding hydrogens is 358 g/mol. The number of nitro benzene ring substituents is 1. The SMILES string of the molecule is O=C(NC1CCCCC1)C1N(c2ccccc2[N+](=O)[O-])C[C@@H]2C[C@H]3C=C[C@@]12O3. The van der Waals surface area contributed by atoms with Crippen molar-refractivity contribution in [3.8, 4) is 0 Å². The Labute approximate surface area is 163 Å². The van der Waals surface area contributed by atoms with Gasteiger partial charge in [0.25, 0.3) is 5.69 Å². The first-order valence-corrected chi connectivity index (χ1v) is 10.3. The van der Waals surface area contributed by atoms with Crippen molar-refractivity contribution in [3.63, 3.8) is 0 Å². The summed E-state index contributed by atoms with van der Waals surface area (Å²) < 4.78 is 6.28. The first-order chi connectivity index (χ1) is 13.6. The molecule has 1 unspecified atom stereocenters. The van der Waals surface area contributed by atoms with E-state index in [1.165, 1.54) is 12.5 Å². The van der Waals surface area contributed by atoms with Crippen molar-refractivity contribution < 1.29 is 14.5 Å². The molecule has 1 aromatic carbocycles. The van der Waals surface area contributed by atoms with Crippen LogP contribution in [-0.4, -0.2) is 41.2 Å². The molecule has 0 radical (unpaired) electrons. The summed E-state index contributed by atoms with van der Waals surface area (Å²) in [6.45, 7) is 0.592. The number of hydrogen-bond acceptors (Lipinski definition) is 5. The van der Waals surface area contributed by atoms with Crippen molar-refractivity contribution in [1.82, 2.24) is 5.32 Å². The summed E-state index contributed by atoms with van der Waals surface area (Å²) in [5.41, 5.74) is -0.138. The summed E-state index contributed by atoms with van der Waals surface area (Å²) >= 11 is 0. The quantitative estimate of drug-likeness (QED) is 0.491. The molecule has 2 bridgehead atoms. The highest BCUT2D eigenvalue weighted by Crippen LogP contribution is 2.53. The van der Waals surface area contributed by atoms with Crippen molar-refractivity contribution in [2.75, 3.05) is 11.4 Å². The molecule has 28 heavy (non-hydrogen) atoms. The minimum atomic E-state index is -0.673. The van der Waals surface area contributed by atoms with E-state index in [0.29, 0.717) is 12.2 Å². The Kier molecular flexibility index (Phi) is 4.16. The van der Waals surface area contributed by atoms with E-state index in [-0.39, 0.29) is 34.6 Å².